The Morgan fingerprint density at radius 2 is 1.97 bits per heavy atom. The Kier molecular flexibility index (Phi) is 6.81. The number of ether oxygens (including phenoxy) is 2. The number of hydrogen-bond acceptors (Lipinski definition) is 6. The number of amides is 3. The van der Waals surface area contributed by atoms with Gasteiger partial charge in [0.1, 0.15) is 24.1 Å². The Bertz CT molecular complexity index is 895. The molecule has 31 heavy (non-hydrogen) atoms. The molecule has 0 spiro atoms. The van der Waals surface area contributed by atoms with Crippen molar-refractivity contribution in [3.63, 3.8) is 0 Å². The molecule has 0 aliphatic carbocycles. The molecule has 1 aromatic heterocycles. The van der Waals surface area contributed by atoms with E-state index >= 15 is 0 Å². The van der Waals surface area contributed by atoms with Crippen LogP contribution in [0.1, 0.15) is 18.4 Å². The van der Waals surface area contributed by atoms with Gasteiger partial charge in [-0.1, -0.05) is 12.1 Å². The van der Waals surface area contributed by atoms with E-state index in [9.17, 15) is 19.1 Å². The van der Waals surface area contributed by atoms with Gasteiger partial charge in [0.25, 0.3) is 0 Å². The van der Waals surface area contributed by atoms with Gasteiger partial charge in [-0.15, -0.1) is 11.3 Å². The number of anilines is 1. The molecule has 166 valence electrons. The van der Waals surface area contributed by atoms with E-state index in [0.29, 0.717) is 13.0 Å². The maximum atomic E-state index is 12.9. The number of rotatable bonds is 7. The number of hydrogen-bond donors (Lipinski definition) is 4. The Morgan fingerprint density at radius 1 is 1.16 bits per heavy atom. The fourth-order valence-electron chi connectivity index (χ4n) is 3.79. The number of fused-ring (bicyclic) bond motifs is 1. The van der Waals surface area contributed by atoms with Gasteiger partial charge in [0.15, 0.2) is 0 Å². The third kappa shape index (κ3) is 5.59. The second kappa shape index (κ2) is 9.73. The van der Waals surface area contributed by atoms with E-state index < -0.39 is 18.3 Å². The van der Waals surface area contributed by atoms with Crippen LogP contribution < -0.4 is 16.0 Å². The van der Waals surface area contributed by atoms with Crippen molar-refractivity contribution in [2.45, 2.75) is 49.9 Å². The van der Waals surface area contributed by atoms with Crippen molar-refractivity contribution in [3.05, 3.63) is 53.2 Å². The smallest absolute Gasteiger partial charge is 0.319 e. The van der Waals surface area contributed by atoms with Crippen LogP contribution in [-0.4, -0.2) is 54.1 Å². The minimum absolute atomic E-state index is 0.149. The molecule has 8 nitrogen and oxygen atoms in total. The summed E-state index contributed by atoms with van der Waals surface area (Å²) in [5.41, 5.74) is 0.802. The molecule has 2 aliphatic rings. The van der Waals surface area contributed by atoms with Gasteiger partial charge < -0.3 is 25.2 Å². The zero-order chi connectivity index (χ0) is 21.8. The average molecular weight is 450 g/mol. The molecule has 1 aromatic carbocycles. The quantitative estimate of drug-likeness (QED) is 0.517. The van der Waals surface area contributed by atoms with E-state index in [4.69, 9.17) is 9.47 Å². The first-order valence-electron chi connectivity index (χ1n) is 10.1. The van der Waals surface area contributed by atoms with E-state index in [1.807, 2.05) is 11.4 Å². The second-order valence-corrected chi connectivity index (χ2v) is 8.53. The second-order valence-electron chi connectivity index (χ2n) is 7.58. The molecule has 2 fully saturated rings. The van der Waals surface area contributed by atoms with Crippen molar-refractivity contribution in [1.82, 2.24) is 10.6 Å². The summed E-state index contributed by atoms with van der Waals surface area (Å²) in [6, 6.07) is 9.18. The predicted octanol–water partition coefficient (Wildman–Crippen LogP) is 2.00. The van der Waals surface area contributed by atoms with E-state index in [-0.39, 0.29) is 42.9 Å². The first-order valence-corrected chi connectivity index (χ1v) is 10.9. The summed E-state index contributed by atoms with van der Waals surface area (Å²) in [6.45, 7) is 0.455. The average Bonchev–Trinajstić information content (AvgIpc) is 3.45. The third-order valence-electron chi connectivity index (χ3n) is 5.32. The molecule has 0 radical (unpaired) electrons. The molecular formula is C21H24FN3O5S. The number of benzene rings is 1. The van der Waals surface area contributed by atoms with Crippen LogP contribution in [0.4, 0.5) is 14.2 Å². The molecule has 4 N–H and O–H groups in total. The number of thiophene rings is 1. The standard InChI is InChI=1S/C21H24FN3O5S/c22-13-5-3-12(4-6-13)10-23-17(26)9-14-8-15-20(29-14)19(27)16(30-15)11-24-21(28)25-18-2-1-7-31-18/h1-7,14-16,19-20,27H,8-11H2,(H,23,26)(H2,24,25,28). The largest absolute Gasteiger partial charge is 0.388 e. The predicted molar refractivity (Wildman–Crippen MR) is 112 cm³/mol. The molecule has 0 bridgehead atoms. The summed E-state index contributed by atoms with van der Waals surface area (Å²) in [5, 5.41) is 21.3. The van der Waals surface area contributed by atoms with Gasteiger partial charge in [-0.25, -0.2) is 9.18 Å². The number of nitrogens with one attached hydrogen (secondary N) is 3. The lowest BCUT2D eigenvalue weighted by Gasteiger charge is -2.20. The van der Waals surface area contributed by atoms with Crippen molar-refractivity contribution in [2.75, 3.05) is 11.9 Å². The van der Waals surface area contributed by atoms with E-state index in [2.05, 4.69) is 16.0 Å². The Morgan fingerprint density at radius 3 is 2.68 bits per heavy atom. The summed E-state index contributed by atoms with van der Waals surface area (Å²) < 4.78 is 24.6. The minimum Gasteiger partial charge on any atom is -0.388 e. The summed E-state index contributed by atoms with van der Waals surface area (Å²) in [4.78, 5) is 24.1. The molecule has 5 unspecified atom stereocenters. The molecule has 0 saturated carbocycles. The fourth-order valence-corrected chi connectivity index (χ4v) is 4.40. The minimum atomic E-state index is -0.890. The summed E-state index contributed by atoms with van der Waals surface area (Å²) >= 11 is 1.41. The lowest BCUT2D eigenvalue weighted by Crippen LogP contribution is -2.42. The van der Waals surface area contributed by atoms with Gasteiger partial charge in [0.05, 0.1) is 23.6 Å². The highest BCUT2D eigenvalue weighted by molar-refractivity contribution is 7.14. The Balaban J connectivity index is 1.17. The van der Waals surface area contributed by atoms with Crippen LogP contribution in [-0.2, 0) is 20.8 Å². The van der Waals surface area contributed by atoms with Gasteiger partial charge in [-0.2, -0.15) is 0 Å². The number of urea groups is 1. The van der Waals surface area contributed by atoms with Gasteiger partial charge in [-0.05, 0) is 35.2 Å². The fraction of sp³-hybridized carbons (Fsp3) is 0.429. The van der Waals surface area contributed by atoms with Crippen molar-refractivity contribution in [2.24, 2.45) is 0 Å². The van der Waals surface area contributed by atoms with Crippen LogP contribution in [0.3, 0.4) is 0 Å². The highest BCUT2D eigenvalue weighted by Crippen LogP contribution is 2.35. The maximum Gasteiger partial charge on any atom is 0.319 e. The van der Waals surface area contributed by atoms with Gasteiger partial charge in [-0.3, -0.25) is 10.1 Å². The number of aliphatic hydroxyl groups excluding tert-OH is 1. The van der Waals surface area contributed by atoms with E-state index in [0.717, 1.165) is 10.6 Å². The topological polar surface area (TPSA) is 109 Å². The van der Waals surface area contributed by atoms with Crippen LogP contribution in [0.25, 0.3) is 0 Å². The van der Waals surface area contributed by atoms with Crippen molar-refractivity contribution in [3.8, 4) is 0 Å². The Hall–Kier alpha value is -2.53. The van der Waals surface area contributed by atoms with Crippen molar-refractivity contribution in [1.29, 1.82) is 0 Å². The first-order chi connectivity index (χ1) is 15.0. The summed E-state index contributed by atoms with van der Waals surface area (Å²) in [5.74, 6) is -0.511. The normalized spacial score (nSPS) is 27.0. The number of carbonyl (C=O) groups excluding carboxylic acids is 2. The van der Waals surface area contributed by atoms with E-state index in [1.54, 1.807) is 18.2 Å². The van der Waals surface area contributed by atoms with Gasteiger partial charge in [0.2, 0.25) is 5.91 Å². The molecule has 3 heterocycles. The van der Waals surface area contributed by atoms with Crippen molar-refractivity contribution < 1.29 is 28.6 Å². The lowest BCUT2D eigenvalue weighted by atomic mass is 10.1. The Labute approximate surface area is 182 Å². The van der Waals surface area contributed by atoms with Crippen LogP contribution in [0.2, 0.25) is 0 Å². The first kappa shape index (κ1) is 21.7. The monoisotopic (exact) mass is 449 g/mol. The summed E-state index contributed by atoms with van der Waals surface area (Å²) in [7, 11) is 0. The van der Waals surface area contributed by atoms with Crippen LogP contribution in [0, 0.1) is 5.82 Å². The highest BCUT2D eigenvalue weighted by atomic mass is 32.1. The molecule has 2 aliphatic heterocycles. The lowest BCUT2D eigenvalue weighted by molar-refractivity contribution is -0.124. The summed E-state index contributed by atoms with van der Waals surface area (Å²) in [6.07, 6.45) is -2.02. The molecule has 5 atom stereocenters. The molecule has 2 aromatic rings. The van der Waals surface area contributed by atoms with Crippen molar-refractivity contribution >= 4 is 28.3 Å². The van der Waals surface area contributed by atoms with E-state index in [1.165, 1.54) is 23.5 Å². The molecule has 2 saturated heterocycles. The highest BCUT2D eigenvalue weighted by Gasteiger charge is 2.50. The third-order valence-corrected chi connectivity index (χ3v) is 6.10. The molecule has 4 rings (SSSR count). The van der Waals surface area contributed by atoms with Gasteiger partial charge in [0, 0.05) is 19.5 Å². The number of halogens is 1. The zero-order valence-electron chi connectivity index (χ0n) is 16.6. The molecule has 10 heteroatoms. The van der Waals surface area contributed by atoms with Crippen LogP contribution in [0.15, 0.2) is 41.8 Å². The zero-order valence-corrected chi connectivity index (χ0v) is 17.4. The molecular weight excluding hydrogens is 425 g/mol. The SMILES string of the molecule is O=C(CC1CC2OC(CNC(=O)Nc3cccs3)C(O)C2O1)NCc1ccc(F)cc1. The van der Waals surface area contributed by atoms with Gasteiger partial charge >= 0.3 is 6.03 Å². The van der Waals surface area contributed by atoms with Crippen LogP contribution in [0.5, 0.6) is 0 Å². The number of carbonyl (C=O) groups is 2. The maximum absolute atomic E-state index is 12.9. The van der Waals surface area contributed by atoms with Crippen LogP contribution >= 0.6 is 11.3 Å². The number of aliphatic hydroxyl groups is 1. The molecule has 3 amide bonds.